The summed E-state index contributed by atoms with van der Waals surface area (Å²) >= 11 is 0. The third kappa shape index (κ3) is 3.28. The van der Waals surface area contributed by atoms with Gasteiger partial charge in [0.15, 0.2) is 0 Å². The van der Waals surface area contributed by atoms with E-state index in [4.69, 9.17) is 0 Å². The van der Waals surface area contributed by atoms with E-state index in [9.17, 15) is 5.11 Å². The molecule has 0 aromatic heterocycles. The van der Waals surface area contributed by atoms with Crippen LogP contribution in [0.1, 0.15) is 38.9 Å². The molecule has 3 nitrogen and oxygen atoms in total. The van der Waals surface area contributed by atoms with E-state index < -0.39 is 0 Å². The van der Waals surface area contributed by atoms with Crippen LogP contribution in [0.25, 0.3) is 0 Å². The molecular formula is C16H26N2O. The molecule has 2 rings (SSSR count). The van der Waals surface area contributed by atoms with Crippen molar-refractivity contribution in [3.8, 4) is 0 Å². The second-order valence-electron chi connectivity index (χ2n) is 5.60. The van der Waals surface area contributed by atoms with Crippen molar-refractivity contribution in [3.05, 3.63) is 29.8 Å². The largest absolute Gasteiger partial charge is 0.388 e. The van der Waals surface area contributed by atoms with E-state index in [1.807, 2.05) is 13.0 Å². The molecule has 1 aromatic carbocycles. The lowest BCUT2D eigenvalue weighted by atomic mass is 10.0. The van der Waals surface area contributed by atoms with Gasteiger partial charge in [-0.25, -0.2) is 0 Å². The molecule has 1 atom stereocenters. The van der Waals surface area contributed by atoms with Crippen molar-refractivity contribution in [1.29, 1.82) is 0 Å². The fourth-order valence-electron chi connectivity index (χ4n) is 2.76. The Morgan fingerprint density at radius 2 is 1.74 bits per heavy atom. The highest BCUT2D eigenvalue weighted by atomic mass is 16.3. The van der Waals surface area contributed by atoms with Gasteiger partial charge in [0.25, 0.3) is 0 Å². The molecule has 0 spiro atoms. The summed E-state index contributed by atoms with van der Waals surface area (Å²) in [7, 11) is 0. The molecule has 106 valence electrons. The summed E-state index contributed by atoms with van der Waals surface area (Å²) in [5.41, 5.74) is 2.28. The summed E-state index contributed by atoms with van der Waals surface area (Å²) in [4.78, 5) is 4.92. The van der Waals surface area contributed by atoms with Gasteiger partial charge in [-0.05, 0) is 26.3 Å². The van der Waals surface area contributed by atoms with E-state index in [2.05, 4.69) is 41.8 Å². The number of aliphatic hydroxyl groups excluding tert-OH is 1. The van der Waals surface area contributed by atoms with Crippen LogP contribution in [0.4, 0.5) is 5.69 Å². The van der Waals surface area contributed by atoms with Crippen LogP contribution >= 0.6 is 0 Å². The Hall–Kier alpha value is -1.06. The van der Waals surface area contributed by atoms with Gasteiger partial charge >= 0.3 is 0 Å². The number of anilines is 1. The van der Waals surface area contributed by atoms with Crippen molar-refractivity contribution in [3.63, 3.8) is 0 Å². The van der Waals surface area contributed by atoms with Crippen LogP contribution in [-0.2, 0) is 0 Å². The number of hydrogen-bond acceptors (Lipinski definition) is 3. The molecule has 1 aliphatic rings. The third-order valence-electron chi connectivity index (χ3n) is 4.07. The van der Waals surface area contributed by atoms with Crippen molar-refractivity contribution in [1.82, 2.24) is 4.90 Å². The molecule has 1 aliphatic heterocycles. The van der Waals surface area contributed by atoms with E-state index in [0.717, 1.165) is 38.2 Å². The highest BCUT2D eigenvalue weighted by molar-refractivity contribution is 5.55. The van der Waals surface area contributed by atoms with Crippen LogP contribution in [-0.4, -0.2) is 42.2 Å². The standard InChI is InChI=1S/C16H26N2O/c1-4-16(19)14-7-5-6-8-15(14)18-11-9-17(10-12-18)13(2)3/h5-8,13,16,19H,4,9-12H2,1-3H3/t16-/m0/s1. The van der Waals surface area contributed by atoms with Gasteiger partial charge in [0.05, 0.1) is 6.10 Å². The molecule has 0 bridgehead atoms. The maximum absolute atomic E-state index is 10.1. The summed E-state index contributed by atoms with van der Waals surface area (Å²) in [6.07, 6.45) is 0.419. The second-order valence-corrected chi connectivity index (χ2v) is 5.60. The number of aliphatic hydroxyl groups is 1. The minimum absolute atomic E-state index is 0.348. The van der Waals surface area contributed by atoms with Crippen molar-refractivity contribution in [2.75, 3.05) is 31.1 Å². The SMILES string of the molecule is CC[C@H](O)c1ccccc1N1CCN(C(C)C)CC1. The molecule has 0 unspecified atom stereocenters. The number of benzene rings is 1. The van der Waals surface area contributed by atoms with Gasteiger partial charge in [0, 0.05) is 43.5 Å². The molecule has 3 heteroatoms. The average molecular weight is 262 g/mol. The first-order valence-corrected chi connectivity index (χ1v) is 7.39. The van der Waals surface area contributed by atoms with Crippen molar-refractivity contribution in [2.45, 2.75) is 39.3 Å². The number of hydrogen-bond donors (Lipinski definition) is 1. The quantitative estimate of drug-likeness (QED) is 0.903. The van der Waals surface area contributed by atoms with Crippen LogP contribution in [0.15, 0.2) is 24.3 Å². The molecule has 0 amide bonds. The summed E-state index contributed by atoms with van der Waals surface area (Å²) in [6.45, 7) is 10.8. The summed E-state index contributed by atoms with van der Waals surface area (Å²) in [5, 5.41) is 10.1. The summed E-state index contributed by atoms with van der Waals surface area (Å²) < 4.78 is 0. The molecule has 1 fully saturated rings. The van der Waals surface area contributed by atoms with Gasteiger partial charge in [0.1, 0.15) is 0 Å². The maximum Gasteiger partial charge on any atom is 0.0807 e. The van der Waals surface area contributed by atoms with Crippen LogP contribution in [0.5, 0.6) is 0 Å². The molecule has 0 aliphatic carbocycles. The van der Waals surface area contributed by atoms with Crippen molar-refractivity contribution < 1.29 is 5.11 Å². The van der Waals surface area contributed by atoms with Gasteiger partial charge in [0.2, 0.25) is 0 Å². The first-order chi connectivity index (χ1) is 9.13. The van der Waals surface area contributed by atoms with Gasteiger partial charge in [-0.3, -0.25) is 4.90 Å². The zero-order chi connectivity index (χ0) is 13.8. The molecule has 1 aromatic rings. The fraction of sp³-hybridized carbons (Fsp3) is 0.625. The second kappa shape index (κ2) is 6.40. The Morgan fingerprint density at radius 1 is 1.11 bits per heavy atom. The average Bonchev–Trinajstić information content (AvgIpc) is 2.46. The van der Waals surface area contributed by atoms with Gasteiger partial charge < -0.3 is 10.0 Å². The summed E-state index contributed by atoms with van der Waals surface area (Å²) in [6, 6.07) is 8.90. The van der Waals surface area contributed by atoms with E-state index in [0.29, 0.717) is 6.04 Å². The first kappa shape index (κ1) is 14.4. The fourth-order valence-corrected chi connectivity index (χ4v) is 2.76. The molecule has 0 radical (unpaired) electrons. The predicted molar refractivity (Wildman–Crippen MR) is 80.6 cm³/mol. The predicted octanol–water partition coefficient (Wildman–Crippen LogP) is 2.66. The monoisotopic (exact) mass is 262 g/mol. The minimum atomic E-state index is -0.348. The highest BCUT2D eigenvalue weighted by Gasteiger charge is 2.21. The lowest BCUT2D eigenvalue weighted by Gasteiger charge is -2.39. The van der Waals surface area contributed by atoms with Gasteiger partial charge in [-0.2, -0.15) is 0 Å². The lowest BCUT2D eigenvalue weighted by molar-refractivity contribution is 0.173. The molecule has 1 saturated heterocycles. The Bertz CT molecular complexity index is 397. The van der Waals surface area contributed by atoms with E-state index in [1.54, 1.807) is 0 Å². The first-order valence-electron chi connectivity index (χ1n) is 7.39. The zero-order valence-corrected chi connectivity index (χ0v) is 12.3. The van der Waals surface area contributed by atoms with E-state index in [1.165, 1.54) is 5.69 Å². The van der Waals surface area contributed by atoms with Crippen LogP contribution in [0.2, 0.25) is 0 Å². The molecule has 1 N–H and O–H groups in total. The Morgan fingerprint density at radius 3 is 2.32 bits per heavy atom. The molecule has 1 heterocycles. The molecular weight excluding hydrogens is 236 g/mol. The zero-order valence-electron chi connectivity index (χ0n) is 12.3. The van der Waals surface area contributed by atoms with E-state index >= 15 is 0 Å². The Kier molecular flexibility index (Phi) is 4.83. The smallest absolute Gasteiger partial charge is 0.0807 e. The van der Waals surface area contributed by atoms with E-state index in [-0.39, 0.29) is 6.10 Å². The Labute approximate surface area is 116 Å². The van der Waals surface area contributed by atoms with Gasteiger partial charge in [-0.1, -0.05) is 25.1 Å². The normalized spacial score (nSPS) is 18.9. The maximum atomic E-state index is 10.1. The topological polar surface area (TPSA) is 26.7 Å². The van der Waals surface area contributed by atoms with Gasteiger partial charge in [-0.15, -0.1) is 0 Å². The third-order valence-corrected chi connectivity index (χ3v) is 4.07. The van der Waals surface area contributed by atoms with Crippen molar-refractivity contribution in [2.24, 2.45) is 0 Å². The van der Waals surface area contributed by atoms with Crippen LogP contribution in [0, 0.1) is 0 Å². The highest BCUT2D eigenvalue weighted by Crippen LogP contribution is 2.28. The Balaban J connectivity index is 2.11. The summed E-state index contributed by atoms with van der Waals surface area (Å²) in [5.74, 6) is 0. The molecule has 0 saturated carbocycles. The van der Waals surface area contributed by atoms with Crippen molar-refractivity contribution >= 4 is 5.69 Å². The number of para-hydroxylation sites is 1. The van der Waals surface area contributed by atoms with Crippen LogP contribution in [0.3, 0.4) is 0 Å². The molecule has 19 heavy (non-hydrogen) atoms. The lowest BCUT2D eigenvalue weighted by Crippen LogP contribution is -2.49. The minimum Gasteiger partial charge on any atom is -0.388 e. The number of rotatable bonds is 4. The number of piperazine rings is 1. The number of nitrogens with zero attached hydrogens (tertiary/aromatic N) is 2. The van der Waals surface area contributed by atoms with Crippen LogP contribution < -0.4 is 4.90 Å².